The molecular weight excluding hydrogens is 328 g/mol. The van der Waals surface area contributed by atoms with Crippen LogP contribution in [0.25, 0.3) is 33.4 Å². The molecule has 3 N–H and O–H groups in total. The lowest BCUT2D eigenvalue weighted by atomic mass is 9.91. The van der Waals surface area contributed by atoms with Crippen LogP contribution in [0, 0.1) is 5.41 Å². The number of anilines is 1. The summed E-state index contributed by atoms with van der Waals surface area (Å²) in [7, 11) is 1.49. The van der Waals surface area contributed by atoms with Gasteiger partial charge >= 0.3 is 0 Å². The summed E-state index contributed by atoms with van der Waals surface area (Å²) in [5.74, 6) is 0.646. The van der Waals surface area contributed by atoms with Crippen LogP contribution in [0.3, 0.4) is 0 Å². The Hall–Kier alpha value is -3.15. The SMILES string of the molecule is COOCc1ccccc1-c1c2ccc(=N)cc-2oc2cc(N)ccc12. The number of fused-ring (bicyclic) bond motifs is 2. The summed E-state index contributed by atoms with van der Waals surface area (Å²) in [5, 5.41) is 9.26. The lowest BCUT2D eigenvalue weighted by molar-refractivity contribution is -0.282. The molecule has 2 aromatic rings. The van der Waals surface area contributed by atoms with Crippen molar-refractivity contribution in [2.24, 2.45) is 0 Å². The molecule has 1 aliphatic carbocycles. The molecule has 0 saturated heterocycles. The Bertz CT molecular complexity index is 1120. The average molecular weight is 346 g/mol. The molecule has 0 saturated carbocycles. The van der Waals surface area contributed by atoms with Gasteiger partial charge in [-0.25, -0.2) is 9.78 Å². The second-order valence-corrected chi connectivity index (χ2v) is 6.03. The summed E-state index contributed by atoms with van der Waals surface area (Å²) in [4.78, 5) is 9.95. The number of nitrogens with one attached hydrogen (secondary N) is 1. The summed E-state index contributed by atoms with van der Waals surface area (Å²) < 4.78 is 6.04. The van der Waals surface area contributed by atoms with Crippen molar-refractivity contribution >= 4 is 16.7 Å². The highest BCUT2D eigenvalue weighted by Crippen LogP contribution is 2.41. The minimum atomic E-state index is 0.327. The van der Waals surface area contributed by atoms with Gasteiger partial charge in [0.15, 0.2) is 0 Å². The van der Waals surface area contributed by atoms with Gasteiger partial charge in [0.05, 0.1) is 12.5 Å². The molecule has 130 valence electrons. The van der Waals surface area contributed by atoms with E-state index in [1.807, 2.05) is 48.5 Å². The average Bonchev–Trinajstić information content (AvgIpc) is 2.64. The highest BCUT2D eigenvalue weighted by atomic mass is 17.2. The van der Waals surface area contributed by atoms with E-state index in [1.165, 1.54) is 7.11 Å². The third-order valence-electron chi connectivity index (χ3n) is 4.36. The van der Waals surface area contributed by atoms with E-state index in [-0.39, 0.29) is 0 Å². The molecule has 26 heavy (non-hydrogen) atoms. The van der Waals surface area contributed by atoms with Gasteiger partial charge in [-0.05, 0) is 35.4 Å². The van der Waals surface area contributed by atoms with Gasteiger partial charge in [0.1, 0.15) is 18.0 Å². The van der Waals surface area contributed by atoms with E-state index in [0.29, 0.717) is 29.0 Å². The normalized spacial score (nSPS) is 11.3. The zero-order chi connectivity index (χ0) is 18.1. The fourth-order valence-electron chi connectivity index (χ4n) is 3.21. The Kier molecular flexibility index (Phi) is 4.16. The molecule has 1 aliphatic heterocycles. The molecule has 0 atom stereocenters. The lowest BCUT2D eigenvalue weighted by Gasteiger charge is -2.17. The zero-order valence-corrected chi connectivity index (χ0v) is 14.3. The largest absolute Gasteiger partial charge is 0.456 e. The smallest absolute Gasteiger partial charge is 0.137 e. The first-order valence-corrected chi connectivity index (χ1v) is 8.22. The summed E-state index contributed by atoms with van der Waals surface area (Å²) in [6.45, 7) is 0.327. The fraction of sp³-hybridized carbons (Fsp3) is 0.0952. The van der Waals surface area contributed by atoms with E-state index in [0.717, 1.165) is 27.6 Å². The number of nitrogens with two attached hydrogens (primary N) is 1. The third-order valence-corrected chi connectivity index (χ3v) is 4.36. The van der Waals surface area contributed by atoms with Crippen molar-refractivity contribution in [3.05, 3.63) is 71.6 Å². The van der Waals surface area contributed by atoms with Crippen LogP contribution in [0.5, 0.6) is 0 Å². The van der Waals surface area contributed by atoms with Gasteiger partial charge in [-0.3, -0.25) is 0 Å². The topological polar surface area (TPSA) is 81.5 Å². The zero-order valence-electron chi connectivity index (χ0n) is 14.3. The molecule has 0 aromatic heterocycles. The summed E-state index contributed by atoms with van der Waals surface area (Å²) in [5.41, 5.74) is 11.2. The molecule has 0 unspecified atom stereocenters. The maximum atomic E-state index is 7.91. The molecule has 1 heterocycles. The Morgan fingerprint density at radius 3 is 2.69 bits per heavy atom. The van der Waals surface area contributed by atoms with Crippen LogP contribution < -0.4 is 11.1 Å². The van der Waals surface area contributed by atoms with Crippen molar-refractivity contribution in [1.29, 1.82) is 5.41 Å². The maximum absolute atomic E-state index is 7.91. The fourth-order valence-corrected chi connectivity index (χ4v) is 3.21. The highest BCUT2D eigenvalue weighted by molar-refractivity contribution is 6.03. The van der Waals surface area contributed by atoms with Crippen molar-refractivity contribution in [2.75, 3.05) is 12.8 Å². The molecule has 2 aliphatic rings. The van der Waals surface area contributed by atoms with Crippen molar-refractivity contribution in [3.8, 4) is 22.5 Å². The van der Waals surface area contributed by atoms with Crippen molar-refractivity contribution in [1.82, 2.24) is 0 Å². The summed E-state index contributed by atoms with van der Waals surface area (Å²) in [6.07, 6.45) is 0. The van der Waals surface area contributed by atoms with Gasteiger partial charge in [0.25, 0.3) is 0 Å². The van der Waals surface area contributed by atoms with E-state index in [2.05, 4.69) is 0 Å². The maximum Gasteiger partial charge on any atom is 0.137 e. The molecule has 2 aromatic carbocycles. The molecule has 0 amide bonds. The summed E-state index contributed by atoms with van der Waals surface area (Å²) in [6, 6.07) is 19.0. The van der Waals surface area contributed by atoms with Crippen molar-refractivity contribution < 1.29 is 14.2 Å². The molecular formula is C21H18N2O3. The van der Waals surface area contributed by atoms with Gasteiger partial charge in [0.2, 0.25) is 0 Å². The Morgan fingerprint density at radius 1 is 1.00 bits per heavy atom. The van der Waals surface area contributed by atoms with Crippen molar-refractivity contribution in [2.45, 2.75) is 6.61 Å². The van der Waals surface area contributed by atoms with Gasteiger partial charge in [0, 0.05) is 34.3 Å². The van der Waals surface area contributed by atoms with Crippen LogP contribution in [0.15, 0.2) is 65.1 Å². The number of benzene rings is 3. The molecule has 0 bridgehead atoms. The predicted molar refractivity (Wildman–Crippen MR) is 100 cm³/mol. The number of hydrogen-bond donors (Lipinski definition) is 2. The lowest BCUT2D eigenvalue weighted by Crippen LogP contribution is -2.02. The molecule has 0 radical (unpaired) electrons. The Morgan fingerprint density at radius 2 is 1.85 bits per heavy atom. The van der Waals surface area contributed by atoms with Crippen molar-refractivity contribution in [3.63, 3.8) is 0 Å². The molecule has 5 nitrogen and oxygen atoms in total. The van der Waals surface area contributed by atoms with Crippen LogP contribution in [-0.2, 0) is 16.4 Å². The first-order valence-electron chi connectivity index (χ1n) is 8.22. The van der Waals surface area contributed by atoms with E-state index >= 15 is 0 Å². The minimum absolute atomic E-state index is 0.327. The summed E-state index contributed by atoms with van der Waals surface area (Å²) >= 11 is 0. The first kappa shape index (κ1) is 16.3. The first-order chi connectivity index (χ1) is 12.7. The second-order valence-electron chi connectivity index (χ2n) is 6.03. The van der Waals surface area contributed by atoms with Gasteiger partial charge < -0.3 is 15.6 Å². The van der Waals surface area contributed by atoms with E-state index in [4.69, 9.17) is 25.3 Å². The monoisotopic (exact) mass is 346 g/mol. The number of rotatable bonds is 4. The van der Waals surface area contributed by atoms with Crippen LogP contribution in [-0.4, -0.2) is 7.11 Å². The van der Waals surface area contributed by atoms with E-state index < -0.39 is 0 Å². The quantitative estimate of drug-likeness (QED) is 0.249. The van der Waals surface area contributed by atoms with Crippen LogP contribution >= 0.6 is 0 Å². The van der Waals surface area contributed by atoms with Crippen LogP contribution in [0.2, 0.25) is 0 Å². The van der Waals surface area contributed by atoms with Gasteiger partial charge in [-0.1, -0.05) is 24.3 Å². The molecule has 5 heteroatoms. The highest BCUT2D eigenvalue weighted by Gasteiger charge is 2.19. The van der Waals surface area contributed by atoms with E-state index in [1.54, 1.807) is 12.1 Å². The van der Waals surface area contributed by atoms with Crippen LogP contribution in [0.4, 0.5) is 5.69 Å². The van der Waals surface area contributed by atoms with Gasteiger partial charge in [-0.15, -0.1) is 0 Å². The Balaban J connectivity index is 2.09. The number of hydrogen-bond acceptors (Lipinski definition) is 5. The molecule has 0 fully saturated rings. The standard InChI is InChI=1S/C21H18N2O3/c1-24-25-12-13-4-2-3-5-16(13)21-17-8-6-14(22)10-19(17)26-20-11-15(23)7-9-18(20)21/h2-11,22H,12,23H2,1H3. The Labute approximate surface area is 150 Å². The number of nitrogen functional groups attached to an aromatic ring is 1. The second kappa shape index (κ2) is 6.63. The third kappa shape index (κ3) is 2.83. The molecule has 0 spiro atoms. The van der Waals surface area contributed by atoms with E-state index in [9.17, 15) is 0 Å². The predicted octanol–water partition coefficient (Wildman–Crippen LogP) is 4.34. The van der Waals surface area contributed by atoms with Crippen LogP contribution in [0.1, 0.15) is 5.56 Å². The van der Waals surface area contributed by atoms with Gasteiger partial charge in [-0.2, -0.15) is 0 Å². The molecule has 4 rings (SSSR count). The minimum Gasteiger partial charge on any atom is -0.456 e.